The van der Waals surface area contributed by atoms with Gasteiger partial charge in [-0.2, -0.15) is 0 Å². The molecule has 1 atom stereocenters. The molecule has 1 spiro atoms. The first-order valence-corrected chi connectivity index (χ1v) is 8.95. The van der Waals surface area contributed by atoms with E-state index in [0.717, 1.165) is 12.4 Å². The fraction of sp³-hybridized carbons (Fsp3) is 0.588. The van der Waals surface area contributed by atoms with Crippen LogP contribution in [0.5, 0.6) is 0 Å². The second-order valence-electron chi connectivity index (χ2n) is 6.40. The first-order chi connectivity index (χ1) is 10.3. The van der Waals surface area contributed by atoms with Crippen molar-refractivity contribution in [3.05, 3.63) is 29.9 Å². The van der Waals surface area contributed by atoms with Gasteiger partial charge in [0.25, 0.3) is 0 Å². The third kappa shape index (κ3) is 2.67. The molecule has 1 unspecified atom stereocenters. The quantitative estimate of drug-likeness (QED) is 0.835. The molecule has 2 fully saturated rings. The lowest BCUT2D eigenvalue weighted by Gasteiger charge is -2.33. The molecule has 2 aliphatic rings. The van der Waals surface area contributed by atoms with Crippen LogP contribution in [0.2, 0.25) is 0 Å². The van der Waals surface area contributed by atoms with Crippen LogP contribution in [-0.2, 0) is 11.3 Å². The van der Waals surface area contributed by atoms with Crippen LogP contribution in [0, 0.1) is 0 Å². The third-order valence-corrected chi connectivity index (χ3v) is 5.83. The van der Waals surface area contributed by atoms with E-state index in [1.54, 1.807) is 11.3 Å². The van der Waals surface area contributed by atoms with Crippen molar-refractivity contribution in [1.29, 1.82) is 0 Å². The molecule has 1 saturated heterocycles. The van der Waals surface area contributed by atoms with Gasteiger partial charge in [-0.1, -0.05) is 25.3 Å². The van der Waals surface area contributed by atoms with Crippen LogP contribution in [0.15, 0.2) is 29.9 Å². The first kappa shape index (κ1) is 13.5. The van der Waals surface area contributed by atoms with Gasteiger partial charge in [0.1, 0.15) is 5.82 Å². The molecule has 1 saturated carbocycles. The Hall–Kier alpha value is -1.13. The van der Waals surface area contributed by atoms with Crippen molar-refractivity contribution >= 4 is 11.3 Å². The second kappa shape index (κ2) is 5.58. The highest BCUT2D eigenvalue weighted by Gasteiger charge is 2.40. The number of aromatic nitrogens is 2. The van der Waals surface area contributed by atoms with Gasteiger partial charge in [0.2, 0.25) is 0 Å². The molecule has 4 rings (SSSR count). The number of thiophene rings is 1. The summed E-state index contributed by atoms with van der Waals surface area (Å²) >= 11 is 1.75. The van der Waals surface area contributed by atoms with Gasteiger partial charge in [0.05, 0.1) is 23.1 Å². The topological polar surface area (TPSA) is 27.1 Å². The fourth-order valence-electron chi connectivity index (χ4n) is 3.89. The van der Waals surface area contributed by atoms with Gasteiger partial charge < -0.3 is 9.30 Å². The van der Waals surface area contributed by atoms with Crippen molar-refractivity contribution in [2.24, 2.45) is 0 Å². The van der Waals surface area contributed by atoms with Crippen molar-refractivity contribution in [1.82, 2.24) is 9.55 Å². The minimum atomic E-state index is 0.215. The summed E-state index contributed by atoms with van der Waals surface area (Å²) in [7, 11) is 0. The van der Waals surface area contributed by atoms with Crippen molar-refractivity contribution < 1.29 is 4.74 Å². The Labute approximate surface area is 130 Å². The summed E-state index contributed by atoms with van der Waals surface area (Å²) in [5.41, 5.74) is 0.215. The lowest BCUT2D eigenvalue weighted by molar-refractivity contribution is -0.0678. The molecule has 3 nitrogen and oxygen atoms in total. The SMILES string of the molecule is c1csc(-c2nccn2CC2CCC3(CCCCC3)O2)c1. The van der Waals surface area contributed by atoms with E-state index in [2.05, 4.69) is 33.3 Å². The molecule has 21 heavy (non-hydrogen) atoms. The molecule has 1 aliphatic carbocycles. The van der Waals surface area contributed by atoms with Gasteiger partial charge in [0.15, 0.2) is 0 Å². The Balaban J connectivity index is 1.47. The van der Waals surface area contributed by atoms with Crippen LogP contribution in [-0.4, -0.2) is 21.3 Å². The van der Waals surface area contributed by atoms with E-state index >= 15 is 0 Å². The third-order valence-electron chi connectivity index (χ3n) is 4.96. The molecule has 112 valence electrons. The largest absolute Gasteiger partial charge is 0.370 e. The lowest BCUT2D eigenvalue weighted by Crippen LogP contribution is -2.32. The molecular weight excluding hydrogens is 280 g/mol. The highest BCUT2D eigenvalue weighted by atomic mass is 32.1. The molecule has 0 N–H and O–H groups in total. The van der Waals surface area contributed by atoms with Crippen LogP contribution >= 0.6 is 11.3 Å². The van der Waals surface area contributed by atoms with Gasteiger partial charge in [-0.25, -0.2) is 4.98 Å². The maximum absolute atomic E-state index is 6.49. The van der Waals surface area contributed by atoms with E-state index < -0.39 is 0 Å². The van der Waals surface area contributed by atoms with Crippen molar-refractivity contribution in [3.8, 4) is 10.7 Å². The number of hydrogen-bond acceptors (Lipinski definition) is 3. The van der Waals surface area contributed by atoms with E-state index in [9.17, 15) is 0 Å². The Morgan fingerprint density at radius 3 is 3.00 bits per heavy atom. The molecule has 4 heteroatoms. The minimum absolute atomic E-state index is 0.215. The predicted molar refractivity (Wildman–Crippen MR) is 85.5 cm³/mol. The van der Waals surface area contributed by atoms with Crippen LogP contribution in [0.4, 0.5) is 0 Å². The maximum atomic E-state index is 6.49. The van der Waals surface area contributed by atoms with Crippen LogP contribution in [0.3, 0.4) is 0 Å². The zero-order valence-electron chi connectivity index (χ0n) is 12.3. The Bertz CT molecular complexity index is 584. The van der Waals surface area contributed by atoms with Crippen molar-refractivity contribution in [2.45, 2.75) is 63.2 Å². The number of ether oxygens (including phenoxy) is 1. The normalized spacial score (nSPS) is 24.7. The number of rotatable bonds is 3. The standard InChI is InChI=1S/C17H22N2OS/c1-2-7-17(8-3-1)9-6-14(20-17)13-19-11-10-18-16(19)15-5-4-12-21-15/h4-5,10-12,14H,1-3,6-9,13H2. The Morgan fingerprint density at radius 1 is 1.29 bits per heavy atom. The average Bonchev–Trinajstić information content (AvgIpc) is 3.22. The highest BCUT2D eigenvalue weighted by Crippen LogP contribution is 2.42. The fourth-order valence-corrected chi connectivity index (χ4v) is 4.63. The van der Waals surface area contributed by atoms with E-state index in [4.69, 9.17) is 4.74 Å². The molecule has 2 aromatic rings. The zero-order chi connectivity index (χ0) is 14.1. The van der Waals surface area contributed by atoms with E-state index in [0.29, 0.717) is 6.10 Å². The molecule has 0 bridgehead atoms. The van der Waals surface area contributed by atoms with Gasteiger partial charge in [-0.3, -0.25) is 0 Å². The number of hydrogen-bond donors (Lipinski definition) is 0. The molecule has 1 aliphatic heterocycles. The lowest BCUT2D eigenvalue weighted by atomic mass is 9.83. The summed E-state index contributed by atoms with van der Waals surface area (Å²) in [6, 6.07) is 4.23. The van der Waals surface area contributed by atoms with Crippen molar-refractivity contribution in [2.75, 3.05) is 0 Å². The summed E-state index contributed by atoms with van der Waals surface area (Å²) in [6.45, 7) is 0.939. The van der Waals surface area contributed by atoms with Gasteiger partial charge in [-0.05, 0) is 37.1 Å². The second-order valence-corrected chi connectivity index (χ2v) is 7.35. The highest BCUT2D eigenvalue weighted by molar-refractivity contribution is 7.13. The molecule has 0 radical (unpaired) electrons. The van der Waals surface area contributed by atoms with Crippen molar-refractivity contribution in [3.63, 3.8) is 0 Å². The monoisotopic (exact) mass is 302 g/mol. The van der Waals surface area contributed by atoms with Crippen LogP contribution in [0.25, 0.3) is 10.7 Å². The number of nitrogens with zero attached hydrogens (tertiary/aromatic N) is 2. The van der Waals surface area contributed by atoms with Gasteiger partial charge >= 0.3 is 0 Å². The average molecular weight is 302 g/mol. The van der Waals surface area contributed by atoms with E-state index in [1.165, 1.54) is 49.8 Å². The summed E-state index contributed by atoms with van der Waals surface area (Å²) in [6.07, 6.45) is 13.4. The summed E-state index contributed by atoms with van der Waals surface area (Å²) in [5, 5.41) is 2.11. The van der Waals surface area contributed by atoms with Crippen LogP contribution < -0.4 is 0 Å². The van der Waals surface area contributed by atoms with E-state index in [-0.39, 0.29) is 5.60 Å². The first-order valence-electron chi connectivity index (χ1n) is 8.08. The molecular formula is C17H22N2OS. The van der Waals surface area contributed by atoms with Gasteiger partial charge in [-0.15, -0.1) is 11.3 Å². The predicted octanol–water partition coefficient (Wildman–Crippen LogP) is 4.49. The zero-order valence-corrected chi connectivity index (χ0v) is 13.1. The minimum Gasteiger partial charge on any atom is -0.370 e. The molecule has 2 aromatic heterocycles. The summed E-state index contributed by atoms with van der Waals surface area (Å²) in [4.78, 5) is 5.76. The smallest absolute Gasteiger partial charge is 0.150 e. The molecule has 0 aromatic carbocycles. The maximum Gasteiger partial charge on any atom is 0.150 e. The molecule has 3 heterocycles. The number of imidazole rings is 1. The summed E-state index contributed by atoms with van der Waals surface area (Å²) in [5.74, 6) is 1.08. The van der Waals surface area contributed by atoms with E-state index in [1.807, 2.05) is 6.20 Å². The summed E-state index contributed by atoms with van der Waals surface area (Å²) < 4.78 is 8.75. The molecule has 0 amide bonds. The van der Waals surface area contributed by atoms with Gasteiger partial charge in [0, 0.05) is 12.4 Å². The van der Waals surface area contributed by atoms with Crippen LogP contribution in [0.1, 0.15) is 44.9 Å². The Morgan fingerprint density at radius 2 is 2.19 bits per heavy atom. The Kier molecular flexibility index (Phi) is 3.59.